The molecule has 0 aliphatic rings. The molecule has 1 unspecified atom stereocenters. The van der Waals surface area contributed by atoms with Gasteiger partial charge < -0.3 is 10.2 Å². The predicted octanol–water partition coefficient (Wildman–Crippen LogP) is 3.56. The highest BCUT2D eigenvalue weighted by atomic mass is 32.2. The van der Waals surface area contributed by atoms with E-state index < -0.39 is 54.9 Å². The van der Waals surface area contributed by atoms with Crippen molar-refractivity contribution in [3.8, 4) is 5.75 Å². The average Bonchev–Trinajstić information content (AvgIpc) is 2.69. The molecule has 7 nitrogen and oxygen atoms in total. The van der Waals surface area contributed by atoms with Crippen molar-refractivity contribution in [2.24, 2.45) is 0 Å². The van der Waals surface area contributed by atoms with Crippen LogP contribution in [0.15, 0.2) is 64.4 Å². The molecule has 0 aliphatic heterocycles. The van der Waals surface area contributed by atoms with Gasteiger partial charge >= 0.3 is 12.1 Å². The lowest BCUT2D eigenvalue weighted by molar-refractivity contribution is -0.137. The molecule has 0 amide bonds. The number of phenolic OH excluding ortho intramolecular Hbond substituents is 1. The van der Waals surface area contributed by atoms with Crippen molar-refractivity contribution < 1.29 is 40.8 Å². The number of carboxylic acid groups (broad SMARTS) is 1. The fourth-order valence-electron chi connectivity index (χ4n) is 2.81. The molecule has 0 radical (unpaired) electrons. The molecular weight excluding hydrogens is 459 g/mol. The molecule has 0 bridgehead atoms. The van der Waals surface area contributed by atoms with Gasteiger partial charge in [0.15, 0.2) is 0 Å². The van der Waals surface area contributed by atoms with Gasteiger partial charge in [-0.3, -0.25) is 13.7 Å². The topological polar surface area (TPSA) is 121 Å². The Morgan fingerprint density at radius 3 is 2.16 bits per heavy atom. The van der Waals surface area contributed by atoms with Crippen LogP contribution in [0.5, 0.6) is 5.75 Å². The van der Waals surface area contributed by atoms with E-state index in [1.54, 1.807) is 6.07 Å². The van der Waals surface area contributed by atoms with Gasteiger partial charge in [0.2, 0.25) is 0 Å². The number of carboxylic acids is 1. The van der Waals surface area contributed by atoms with Gasteiger partial charge in [0.1, 0.15) is 11.5 Å². The Bertz CT molecular complexity index is 1290. The summed E-state index contributed by atoms with van der Waals surface area (Å²) in [6.45, 7) is 0. The number of nitrogens with one attached hydrogen (secondary N) is 1. The molecule has 0 aliphatic carbocycles. The maximum absolute atomic E-state index is 12.7. The number of phenols is 1. The first-order valence-corrected chi connectivity index (χ1v) is 11.3. The summed E-state index contributed by atoms with van der Waals surface area (Å²) < 4.78 is 78.2. The number of sulfonamides is 1. The number of fused-ring (bicyclic) bond motifs is 1. The molecule has 0 saturated carbocycles. The Morgan fingerprint density at radius 2 is 1.61 bits per heavy atom. The number of hydrogen-bond acceptors (Lipinski definition) is 5. The molecule has 3 aromatic rings. The number of rotatable bonds is 6. The monoisotopic (exact) mass is 473 g/mol. The van der Waals surface area contributed by atoms with Crippen LogP contribution in [0.4, 0.5) is 18.9 Å². The lowest BCUT2D eigenvalue weighted by atomic mass is 10.1. The van der Waals surface area contributed by atoms with Crippen LogP contribution >= 0.6 is 0 Å². The standard InChI is InChI=1S/C19H14F3NO6S2/c20-19(21,22)11-5-7-12(8-6-11)31(28,29)23-15-9-16(30(27)10-17(24)25)18(26)14-4-2-1-3-13(14)15/h1-9,23,26H,10H2,(H,24,25). The fraction of sp³-hybridized carbons (Fsp3) is 0.105. The molecule has 0 fully saturated rings. The third-order valence-corrected chi connectivity index (χ3v) is 6.91. The first-order chi connectivity index (χ1) is 14.4. The molecule has 3 aromatic carbocycles. The second-order valence-electron chi connectivity index (χ2n) is 6.33. The van der Waals surface area contributed by atoms with Crippen molar-refractivity contribution in [1.29, 1.82) is 0 Å². The molecule has 12 heteroatoms. The van der Waals surface area contributed by atoms with Crippen molar-refractivity contribution in [1.82, 2.24) is 0 Å². The van der Waals surface area contributed by atoms with Crippen LogP contribution in [-0.2, 0) is 31.8 Å². The molecular formula is C19H14F3NO6S2. The Labute approximate surface area is 176 Å². The molecule has 164 valence electrons. The van der Waals surface area contributed by atoms with Crippen molar-refractivity contribution in [2.45, 2.75) is 16.0 Å². The zero-order chi connectivity index (χ0) is 23.0. The van der Waals surface area contributed by atoms with E-state index in [0.29, 0.717) is 12.1 Å². The summed E-state index contributed by atoms with van der Waals surface area (Å²) in [5, 5.41) is 19.6. The Kier molecular flexibility index (Phi) is 5.96. The lowest BCUT2D eigenvalue weighted by Crippen LogP contribution is -2.15. The number of alkyl halides is 3. The van der Waals surface area contributed by atoms with Crippen LogP contribution < -0.4 is 4.72 Å². The zero-order valence-electron chi connectivity index (χ0n) is 15.4. The van der Waals surface area contributed by atoms with E-state index in [4.69, 9.17) is 5.11 Å². The van der Waals surface area contributed by atoms with Gasteiger partial charge in [0.25, 0.3) is 10.0 Å². The number of halogens is 3. The highest BCUT2D eigenvalue weighted by Crippen LogP contribution is 2.37. The fourth-order valence-corrected chi connectivity index (χ4v) is 4.83. The highest BCUT2D eigenvalue weighted by Gasteiger charge is 2.31. The third kappa shape index (κ3) is 4.80. The van der Waals surface area contributed by atoms with Gasteiger partial charge in [-0.25, -0.2) is 8.42 Å². The molecule has 3 rings (SSSR count). The Hall–Kier alpha value is -3.12. The van der Waals surface area contributed by atoms with Crippen molar-refractivity contribution in [2.75, 3.05) is 10.5 Å². The molecule has 0 aromatic heterocycles. The van der Waals surface area contributed by atoms with Crippen molar-refractivity contribution >= 4 is 43.3 Å². The summed E-state index contributed by atoms with van der Waals surface area (Å²) in [7, 11) is -6.55. The van der Waals surface area contributed by atoms with Gasteiger partial charge in [0, 0.05) is 10.8 Å². The number of benzene rings is 3. The Morgan fingerprint density at radius 1 is 1.03 bits per heavy atom. The van der Waals surface area contributed by atoms with Crippen molar-refractivity contribution in [3.05, 3.63) is 60.2 Å². The van der Waals surface area contributed by atoms with E-state index in [2.05, 4.69) is 4.72 Å². The lowest BCUT2D eigenvalue weighted by Gasteiger charge is -2.15. The maximum atomic E-state index is 12.7. The van der Waals surface area contributed by atoms with Crippen molar-refractivity contribution in [3.63, 3.8) is 0 Å². The first kappa shape index (κ1) is 22.6. The van der Waals surface area contributed by atoms with E-state index in [0.717, 1.165) is 18.2 Å². The minimum absolute atomic E-state index is 0.115. The maximum Gasteiger partial charge on any atom is 0.416 e. The molecule has 3 N–H and O–H groups in total. The summed E-state index contributed by atoms with van der Waals surface area (Å²) in [5.74, 6) is -2.68. The third-order valence-electron chi connectivity index (χ3n) is 4.22. The van der Waals surface area contributed by atoms with Gasteiger partial charge in [-0.05, 0) is 30.3 Å². The number of anilines is 1. The van der Waals surface area contributed by atoms with Gasteiger partial charge in [-0.1, -0.05) is 24.3 Å². The molecule has 0 saturated heterocycles. The van der Waals surface area contributed by atoms with Gasteiger partial charge in [-0.2, -0.15) is 13.2 Å². The van der Waals surface area contributed by atoms with Crippen LogP contribution in [0.2, 0.25) is 0 Å². The number of aromatic hydroxyl groups is 1. The minimum Gasteiger partial charge on any atom is -0.506 e. The smallest absolute Gasteiger partial charge is 0.416 e. The van der Waals surface area contributed by atoms with Gasteiger partial charge in [0.05, 0.1) is 31.8 Å². The van der Waals surface area contributed by atoms with Crippen LogP contribution in [-0.4, -0.2) is 34.6 Å². The average molecular weight is 473 g/mol. The number of hydrogen-bond donors (Lipinski definition) is 3. The summed E-state index contributed by atoms with van der Waals surface area (Å²) >= 11 is 0. The molecule has 1 atom stereocenters. The zero-order valence-corrected chi connectivity index (χ0v) is 17.0. The summed E-state index contributed by atoms with van der Waals surface area (Å²) in [6, 6.07) is 9.82. The summed E-state index contributed by atoms with van der Waals surface area (Å²) in [5.41, 5.74) is -1.14. The highest BCUT2D eigenvalue weighted by molar-refractivity contribution is 7.92. The normalized spacial score (nSPS) is 13.1. The van der Waals surface area contributed by atoms with E-state index in [1.165, 1.54) is 18.2 Å². The first-order valence-electron chi connectivity index (χ1n) is 8.45. The van der Waals surface area contributed by atoms with Crippen LogP contribution in [0.25, 0.3) is 10.8 Å². The van der Waals surface area contributed by atoms with E-state index in [1.807, 2.05) is 0 Å². The Balaban J connectivity index is 2.08. The van der Waals surface area contributed by atoms with Gasteiger partial charge in [-0.15, -0.1) is 0 Å². The van der Waals surface area contributed by atoms with Crippen LogP contribution in [0, 0.1) is 0 Å². The minimum atomic E-state index is -4.63. The second-order valence-corrected chi connectivity index (χ2v) is 9.43. The van der Waals surface area contributed by atoms with Crippen LogP contribution in [0.3, 0.4) is 0 Å². The predicted molar refractivity (Wildman–Crippen MR) is 107 cm³/mol. The molecule has 0 heterocycles. The van der Waals surface area contributed by atoms with E-state index >= 15 is 0 Å². The van der Waals surface area contributed by atoms with E-state index in [9.17, 15) is 35.7 Å². The largest absolute Gasteiger partial charge is 0.506 e. The molecule has 0 spiro atoms. The SMILES string of the molecule is O=C(O)CS(=O)c1cc(NS(=O)(=O)c2ccc(C(F)(F)F)cc2)c2ccccc2c1O. The summed E-state index contributed by atoms with van der Waals surface area (Å²) in [4.78, 5) is 10.1. The van der Waals surface area contributed by atoms with E-state index in [-0.39, 0.29) is 21.4 Å². The quantitative estimate of drug-likeness (QED) is 0.471. The number of carbonyl (C=O) groups is 1. The number of aliphatic carboxylic acids is 1. The second kappa shape index (κ2) is 8.19. The summed E-state index contributed by atoms with van der Waals surface area (Å²) in [6.07, 6.45) is -4.63. The van der Waals surface area contributed by atoms with Crippen LogP contribution in [0.1, 0.15) is 5.56 Å². The molecule has 31 heavy (non-hydrogen) atoms.